The highest BCUT2D eigenvalue weighted by atomic mass is 79.9. The van der Waals surface area contributed by atoms with Crippen LogP contribution in [0.4, 0.5) is 0 Å². The molecule has 0 N–H and O–H groups in total. The Balaban J connectivity index is 2.72. The molecule has 0 unspecified atom stereocenters. The van der Waals surface area contributed by atoms with Crippen molar-refractivity contribution in [2.45, 2.75) is 12.8 Å². The molecule has 1 rings (SSSR count). The molecule has 0 saturated carbocycles. The molecule has 0 saturated heterocycles. The number of rotatable bonds is 4. The number of alkyl halides is 1. The molecule has 68 valence electrons. The SMILES string of the molecule is COc1cnn(C)c1CCCBr. The Hall–Kier alpha value is -0.510. The molecule has 1 heterocycles. The zero-order valence-electron chi connectivity index (χ0n) is 7.38. The number of methoxy groups -OCH3 is 1. The van der Waals surface area contributed by atoms with Crippen molar-refractivity contribution in [2.24, 2.45) is 7.05 Å². The van der Waals surface area contributed by atoms with Gasteiger partial charge in [-0.15, -0.1) is 0 Å². The highest BCUT2D eigenvalue weighted by Crippen LogP contribution is 2.18. The minimum atomic E-state index is 0.887. The van der Waals surface area contributed by atoms with E-state index in [1.807, 2.05) is 11.7 Å². The van der Waals surface area contributed by atoms with Crippen LogP contribution in [0.5, 0.6) is 5.75 Å². The van der Waals surface area contributed by atoms with Crippen LogP contribution in [0.1, 0.15) is 12.1 Å². The second-order valence-corrected chi connectivity index (χ2v) is 3.37. The maximum atomic E-state index is 5.16. The molecule has 0 bridgehead atoms. The number of aryl methyl sites for hydroxylation is 1. The van der Waals surface area contributed by atoms with E-state index in [9.17, 15) is 0 Å². The van der Waals surface area contributed by atoms with Gasteiger partial charge >= 0.3 is 0 Å². The molecule has 0 atom stereocenters. The van der Waals surface area contributed by atoms with Crippen molar-refractivity contribution in [3.05, 3.63) is 11.9 Å². The number of hydrogen-bond acceptors (Lipinski definition) is 2. The van der Waals surface area contributed by atoms with E-state index in [-0.39, 0.29) is 0 Å². The molecule has 0 fully saturated rings. The average molecular weight is 233 g/mol. The van der Waals surface area contributed by atoms with Gasteiger partial charge in [0, 0.05) is 12.4 Å². The number of aromatic nitrogens is 2. The van der Waals surface area contributed by atoms with E-state index in [4.69, 9.17) is 4.74 Å². The normalized spacial score (nSPS) is 10.2. The fraction of sp³-hybridized carbons (Fsp3) is 0.625. The first-order valence-corrected chi connectivity index (χ1v) is 5.02. The summed E-state index contributed by atoms with van der Waals surface area (Å²) >= 11 is 3.40. The van der Waals surface area contributed by atoms with Crippen molar-refractivity contribution >= 4 is 15.9 Å². The van der Waals surface area contributed by atoms with Crippen LogP contribution < -0.4 is 4.74 Å². The lowest BCUT2D eigenvalue weighted by molar-refractivity contribution is 0.408. The lowest BCUT2D eigenvalue weighted by Gasteiger charge is -2.02. The summed E-state index contributed by atoms with van der Waals surface area (Å²) in [6.45, 7) is 0. The van der Waals surface area contributed by atoms with Gasteiger partial charge < -0.3 is 4.74 Å². The van der Waals surface area contributed by atoms with Crippen LogP contribution in [0.15, 0.2) is 6.20 Å². The Labute approximate surface area is 80.8 Å². The first kappa shape index (κ1) is 9.58. The first-order valence-electron chi connectivity index (χ1n) is 3.90. The minimum absolute atomic E-state index is 0.887. The van der Waals surface area contributed by atoms with Crippen molar-refractivity contribution in [1.82, 2.24) is 9.78 Å². The zero-order chi connectivity index (χ0) is 8.97. The van der Waals surface area contributed by atoms with E-state index >= 15 is 0 Å². The number of hydrogen-bond donors (Lipinski definition) is 0. The van der Waals surface area contributed by atoms with Gasteiger partial charge in [0.1, 0.15) is 0 Å². The van der Waals surface area contributed by atoms with Crippen LogP contribution in [0.2, 0.25) is 0 Å². The molecule has 0 aromatic carbocycles. The summed E-state index contributed by atoms with van der Waals surface area (Å²) < 4.78 is 7.03. The quantitative estimate of drug-likeness (QED) is 0.741. The van der Waals surface area contributed by atoms with Crippen LogP contribution in [0.25, 0.3) is 0 Å². The smallest absolute Gasteiger partial charge is 0.159 e. The van der Waals surface area contributed by atoms with Crippen LogP contribution in [-0.2, 0) is 13.5 Å². The molecular weight excluding hydrogens is 220 g/mol. The molecular formula is C8H13BrN2O. The lowest BCUT2D eigenvalue weighted by Crippen LogP contribution is -2.00. The number of halogens is 1. The number of nitrogens with zero attached hydrogens (tertiary/aromatic N) is 2. The van der Waals surface area contributed by atoms with E-state index in [0.29, 0.717) is 0 Å². The predicted molar refractivity (Wildman–Crippen MR) is 51.9 cm³/mol. The van der Waals surface area contributed by atoms with Gasteiger partial charge in [0.2, 0.25) is 0 Å². The summed E-state index contributed by atoms with van der Waals surface area (Å²) in [5.74, 6) is 0.887. The highest BCUT2D eigenvalue weighted by Gasteiger charge is 2.07. The largest absolute Gasteiger partial charge is 0.493 e. The Kier molecular flexibility index (Phi) is 3.59. The molecule has 4 heteroatoms. The van der Waals surface area contributed by atoms with Gasteiger partial charge in [0.15, 0.2) is 5.75 Å². The Morgan fingerprint density at radius 3 is 3.00 bits per heavy atom. The van der Waals surface area contributed by atoms with E-state index in [0.717, 1.165) is 29.6 Å². The molecule has 0 aliphatic heterocycles. The van der Waals surface area contributed by atoms with E-state index in [2.05, 4.69) is 21.0 Å². The molecule has 0 radical (unpaired) electrons. The van der Waals surface area contributed by atoms with Crippen molar-refractivity contribution in [2.75, 3.05) is 12.4 Å². The fourth-order valence-corrected chi connectivity index (χ4v) is 1.41. The van der Waals surface area contributed by atoms with Crippen molar-refractivity contribution < 1.29 is 4.74 Å². The molecule has 0 aliphatic rings. The van der Waals surface area contributed by atoms with E-state index in [1.54, 1.807) is 13.3 Å². The van der Waals surface area contributed by atoms with Crippen LogP contribution in [-0.4, -0.2) is 22.2 Å². The Morgan fingerprint density at radius 2 is 2.42 bits per heavy atom. The molecule has 1 aromatic rings. The Bertz CT molecular complexity index is 247. The summed E-state index contributed by atoms with van der Waals surface area (Å²) in [6, 6.07) is 0. The highest BCUT2D eigenvalue weighted by molar-refractivity contribution is 9.09. The summed E-state index contributed by atoms with van der Waals surface area (Å²) in [5.41, 5.74) is 1.16. The summed E-state index contributed by atoms with van der Waals surface area (Å²) in [4.78, 5) is 0. The minimum Gasteiger partial charge on any atom is -0.493 e. The van der Waals surface area contributed by atoms with Gasteiger partial charge in [-0.3, -0.25) is 4.68 Å². The molecule has 3 nitrogen and oxygen atoms in total. The van der Waals surface area contributed by atoms with Crippen molar-refractivity contribution in [3.63, 3.8) is 0 Å². The summed E-state index contributed by atoms with van der Waals surface area (Å²) in [6.07, 6.45) is 3.87. The van der Waals surface area contributed by atoms with Crippen LogP contribution in [0.3, 0.4) is 0 Å². The third-order valence-electron chi connectivity index (χ3n) is 1.79. The first-order chi connectivity index (χ1) is 5.79. The average Bonchev–Trinajstić information content (AvgIpc) is 2.43. The van der Waals surface area contributed by atoms with E-state index in [1.165, 1.54) is 0 Å². The second-order valence-electron chi connectivity index (χ2n) is 2.58. The number of ether oxygens (including phenoxy) is 1. The fourth-order valence-electron chi connectivity index (χ4n) is 1.13. The summed E-state index contributed by atoms with van der Waals surface area (Å²) in [5, 5.41) is 5.13. The van der Waals surface area contributed by atoms with Gasteiger partial charge in [0.25, 0.3) is 0 Å². The lowest BCUT2D eigenvalue weighted by atomic mass is 10.2. The standard InChI is InChI=1S/C8H13BrN2O/c1-11-7(4-3-5-9)8(12-2)6-10-11/h6H,3-5H2,1-2H3. The molecule has 0 amide bonds. The van der Waals surface area contributed by atoms with E-state index < -0.39 is 0 Å². The topological polar surface area (TPSA) is 27.1 Å². The monoisotopic (exact) mass is 232 g/mol. The van der Waals surface area contributed by atoms with Crippen LogP contribution in [0, 0.1) is 0 Å². The summed E-state index contributed by atoms with van der Waals surface area (Å²) in [7, 11) is 3.61. The van der Waals surface area contributed by atoms with Crippen molar-refractivity contribution in [1.29, 1.82) is 0 Å². The maximum absolute atomic E-state index is 5.16. The zero-order valence-corrected chi connectivity index (χ0v) is 8.97. The van der Waals surface area contributed by atoms with Crippen molar-refractivity contribution in [3.8, 4) is 5.75 Å². The third-order valence-corrected chi connectivity index (χ3v) is 2.35. The molecule has 0 aliphatic carbocycles. The molecule has 0 spiro atoms. The Morgan fingerprint density at radius 1 is 1.67 bits per heavy atom. The van der Waals surface area contributed by atoms with Gasteiger partial charge in [0.05, 0.1) is 19.0 Å². The van der Waals surface area contributed by atoms with Gasteiger partial charge in [-0.05, 0) is 12.8 Å². The second kappa shape index (κ2) is 4.50. The third kappa shape index (κ3) is 2.00. The molecule has 1 aromatic heterocycles. The maximum Gasteiger partial charge on any atom is 0.159 e. The molecule has 12 heavy (non-hydrogen) atoms. The predicted octanol–water partition coefficient (Wildman–Crippen LogP) is 1.76. The van der Waals surface area contributed by atoms with Gasteiger partial charge in [-0.2, -0.15) is 5.10 Å². The van der Waals surface area contributed by atoms with Gasteiger partial charge in [-0.1, -0.05) is 15.9 Å². The van der Waals surface area contributed by atoms with Gasteiger partial charge in [-0.25, -0.2) is 0 Å². The van der Waals surface area contributed by atoms with Crippen LogP contribution >= 0.6 is 15.9 Å².